The van der Waals surface area contributed by atoms with Crippen LogP contribution < -0.4 is 0 Å². The molecule has 4 aromatic rings. The van der Waals surface area contributed by atoms with Crippen LogP contribution in [0.3, 0.4) is 0 Å². The quantitative estimate of drug-likeness (QED) is 0.312. The van der Waals surface area contributed by atoms with Gasteiger partial charge in [0, 0.05) is 5.56 Å². The molecular formula is C24H22O2. The van der Waals surface area contributed by atoms with Crippen molar-refractivity contribution in [3.05, 3.63) is 72.3 Å². The van der Waals surface area contributed by atoms with Crippen LogP contribution in [0.1, 0.15) is 26.3 Å². The van der Waals surface area contributed by atoms with E-state index in [0.29, 0.717) is 5.56 Å². The van der Waals surface area contributed by atoms with E-state index in [-0.39, 0.29) is 16.9 Å². The SMILES string of the molecule is CC(C)(C)c1ccc2cc3ccccc3cc2c1-c1cc(O)ccc1O. The Morgan fingerprint density at radius 1 is 0.692 bits per heavy atom. The van der Waals surface area contributed by atoms with E-state index in [9.17, 15) is 10.2 Å². The van der Waals surface area contributed by atoms with Gasteiger partial charge in [0.25, 0.3) is 0 Å². The fourth-order valence-corrected chi connectivity index (χ4v) is 3.65. The summed E-state index contributed by atoms with van der Waals surface area (Å²) in [5, 5.41) is 25.1. The van der Waals surface area contributed by atoms with Crippen molar-refractivity contribution < 1.29 is 10.2 Å². The van der Waals surface area contributed by atoms with Crippen LogP contribution in [0.5, 0.6) is 11.5 Å². The highest BCUT2D eigenvalue weighted by atomic mass is 16.3. The molecule has 0 atom stereocenters. The van der Waals surface area contributed by atoms with Crippen molar-refractivity contribution in [1.82, 2.24) is 0 Å². The fourth-order valence-electron chi connectivity index (χ4n) is 3.65. The molecule has 0 aliphatic rings. The van der Waals surface area contributed by atoms with Crippen LogP contribution >= 0.6 is 0 Å². The van der Waals surface area contributed by atoms with Gasteiger partial charge >= 0.3 is 0 Å². The Kier molecular flexibility index (Phi) is 3.66. The molecule has 0 spiro atoms. The molecule has 0 aliphatic carbocycles. The molecule has 0 aliphatic heterocycles. The highest BCUT2D eigenvalue weighted by Gasteiger charge is 2.23. The average molecular weight is 342 g/mol. The minimum absolute atomic E-state index is 0.104. The van der Waals surface area contributed by atoms with Gasteiger partial charge in [0.05, 0.1) is 0 Å². The van der Waals surface area contributed by atoms with Crippen LogP contribution in [0.4, 0.5) is 0 Å². The van der Waals surface area contributed by atoms with Crippen molar-refractivity contribution >= 4 is 21.5 Å². The molecule has 0 saturated carbocycles. The maximum Gasteiger partial charge on any atom is 0.123 e. The van der Waals surface area contributed by atoms with Crippen LogP contribution in [-0.4, -0.2) is 10.2 Å². The Labute approximate surface area is 153 Å². The Morgan fingerprint density at radius 2 is 1.38 bits per heavy atom. The van der Waals surface area contributed by atoms with E-state index in [4.69, 9.17) is 0 Å². The zero-order valence-electron chi connectivity index (χ0n) is 15.2. The third kappa shape index (κ3) is 2.68. The van der Waals surface area contributed by atoms with E-state index in [2.05, 4.69) is 57.2 Å². The van der Waals surface area contributed by atoms with Crippen molar-refractivity contribution in [2.45, 2.75) is 26.2 Å². The predicted molar refractivity (Wildman–Crippen MR) is 109 cm³/mol. The van der Waals surface area contributed by atoms with E-state index < -0.39 is 0 Å². The van der Waals surface area contributed by atoms with Crippen molar-refractivity contribution in [3.8, 4) is 22.6 Å². The molecule has 2 heteroatoms. The van der Waals surface area contributed by atoms with Crippen LogP contribution in [0, 0.1) is 0 Å². The predicted octanol–water partition coefficient (Wildman–Crippen LogP) is 6.37. The molecule has 0 unspecified atom stereocenters. The van der Waals surface area contributed by atoms with Gasteiger partial charge in [-0.2, -0.15) is 0 Å². The van der Waals surface area contributed by atoms with Crippen LogP contribution in [0.25, 0.3) is 32.7 Å². The number of phenols is 2. The van der Waals surface area contributed by atoms with Crippen molar-refractivity contribution in [2.75, 3.05) is 0 Å². The highest BCUT2D eigenvalue weighted by Crippen LogP contribution is 2.43. The molecule has 0 amide bonds. The number of phenolic OH excluding ortho intramolecular Hbond substituents is 2. The second-order valence-corrected chi connectivity index (χ2v) is 7.86. The Balaban J connectivity index is 2.19. The summed E-state index contributed by atoms with van der Waals surface area (Å²) in [6.45, 7) is 6.50. The topological polar surface area (TPSA) is 40.5 Å². The van der Waals surface area contributed by atoms with Gasteiger partial charge < -0.3 is 10.2 Å². The highest BCUT2D eigenvalue weighted by molar-refractivity contribution is 6.06. The molecule has 2 N–H and O–H groups in total. The molecule has 0 aromatic heterocycles. The van der Waals surface area contributed by atoms with E-state index in [1.807, 2.05) is 12.1 Å². The number of benzene rings is 4. The minimum atomic E-state index is -0.104. The van der Waals surface area contributed by atoms with Crippen LogP contribution in [0.15, 0.2) is 66.7 Å². The summed E-state index contributed by atoms with van der Waals surface area (Å²) >= 11 is 0. The van der Waals surface area contributed by atoms with Crippen molar-refractivity contribution in [1.29, 1.82) is 0 Å². The second kappa shape index (κ2) is 5.77. The zero-order valence-corrected chi connectivity index (χ0v) is 15.2. The first-order valence-electron chi connectivity index (χ1n) is 8.83. The first-order chi connectivity index (χ1) is 12.3. The lowest BCUT2D eigenvalue weighted by Gasteiger charge is -2.25. The molecule has 0 fully saturated rings. The first kappa shape index (κ1) is 16.5. The number of hydrogen-bond donors (Lipinski definition) is 2. The lowest BCUT2D eigenvalue weighted by molar-refractivity contribution is 0.461. The van der Waals surface area contributed by atoms with Gasteiger partial charge in [-0.3, -0.25) is 0 Å². The minimum Gasteiger partial charge on any atom is -0.508 e. The summed E-state index contributed by atoms with van der Waals surface area (Å²) in [5.74, 6) is 0.324. The summed E-state index contributed by atoms with van der Waals surface area (Å²) in [5.41, 5.74) is 2.68. The summed E-state index contributed by atoms with van der Waals surface area (Å²) in [4.78, 5) is 0. The second-order valence-electron chi connectivity index (χ2n) is 7.86. The third-order valence-electron chi connectivity index (χ3n) is 4.94. The van der Waals surface area contributed by atoms with Gasteiger partial charge in [0.1, 0.15) is 11.5 Å². The Hall–Kier alpha value is -3.00. The number of rotatable bonds is 1. The van der Waals surface area contributed by atoms with Crippen molar-refractivity contribution in [2.24, 2.45) is 0 Å². The van der Waals surface area contributed by atoms with Crippen molar-refractivity contribution in [3.63, 3.8) is 0 Å². The zero-order chi connectivity index (χ0) is 18.5. The Morgan fingerprint density at radius 3 is 2.08 bits per heavy atom. The molecule has 0 saturated heterocycles. The maximum atomic E-state index is 10.5. The molecule has 4 aromatic carbocycles. The molecule has 4 rings (SSSR count). The lowest BCUT2D eigenvalue weighted by Crippen LogP contribution is -2.13. The van der Waals surface area contributed by atoms with Gasteiger partial charge in [0.15, 0.2) is 0 Å². The van der Waals surface area contributed by atoms with E-state index >= 15 is 0 Å². The molecule has 26 heavy (non-hydrogen) atoms. The maximum absolute atomic E-state index is 10.5. The van der Waals surface area contributed by atoms with Gasteiger partial charge in [-0.25, -0.2) is 0 Å². The van der Waals surface area contributed by atoms with Crippen LogP contribution in [-0.2, 0) is 5.41 Å². The largest absolute Gasteiger partial charge is 0.508 e. The lowest BCUT2D eigenvalue weighted by atomic mass is 9.79. The molecule has 130 valence electrons. The van der Waals surface area contributed by atoms with Crippen LogP contribution in [0.2, 0.25) is 0 Å². The first-order valence-corrected chi connectivity index (χ1v) is 8.83. The van der Waals surface area contributed by atoms with Gasteiger partial charge in [-0.05, 0) is 68.4 Å². The van der Waals surface area contributed by atoms with E-state index in [1.54, 1.807) is 12.1 Å². The smallest absolute Gasteiger partial charge is 0.123 e. The molecule has 0 bridgehead atoms. The van der Waals surface area contributed by atoms with Gasteiger partial charge in [0.2, 0.25) is 0 Å². The Bertz CT molecular complexity index is 1130. The van der Waals surface area contributed by atoms with Gasteiger partial charge in [-0.1, -0.05) is 57.2 Å². The number of fused-ring (bicyclic) bond motifs is 2. The molecular weight excluding hydrogens is 320 g/mol. The molecule has 0 heterocycles. The number of hydrogen-bond acceptors (Lipinski definition) is 2. The normalized spacial score (nSPS) is 12.0. The number of aromatic hydroxyl groups is 2. The summed E-state index contributed by atoms with van der Waals surface area (Å²) in [6.07, 6.45) is 0. The van der Waals surface area contributed by atoms with E-state index in [0.717, 1.165) is 27.3 Å². The summed E-state index contributed by atoms with van der Waals surface area (Å²) in [6, 6.07) is 21.6. The molecule has 0 radical (unpaired) electrons. The van der Waals surface area contributed by atoms with E-state index in [1.165, 1.54) is 11.5 Å². The molecule has 2 nitrogen and oxygen atoms in total. The average Bonchev–Trinajstić information content (AvgIpc) is 2.60. The van der Waals surface area contributed by atoms with Gasteiger partial charge in [-0.15, -0.1) is 0 Å². The summed E-state index contributed by atoms with van der Waals surface area (Å²) < 4.78 is 0. The third-order valence-corrected chi connectivity index (χ3v) is 4.94. The standard InChI is InChI=1S/C24H22O2/c1-24(2,3)21-10-8-17-12-15-6-4-5-7-16(15)13-19(17)23(21)20-14-18(25)9-11-22(20)26/h4-14,25-26H,1-3H3. The monoisotopic (exact) mass is 342 g/mol. The fraction of sp³-hybridized carbons (Fsp3) is 0.167. The summed E-state index contributed by atoms with van der Waals surface area (Å²) in [7, 11) is 0.